The first kappa shape index (κ1) is 20.1. The predicted molar refractivity (Wildman–Crippen MR) is 102 cm³/mol. The largest absolute Gasteiger partial charge is 0.450 e. The molecule has 152 valence electrons. The van der Waals surface area contributed by atoms with Gasteiger partial charge in [0.05, 0.1) is 12.1 Å². The summed E-state index contributed by atoms with van der Waals surface area (Å²) in [7, 11) is 0. The van der Waals surface area contributed by atoms with Gasteiger partial charge in [-0.25, -0.2) is 9.59 Å². The number of aromatic nitrogens is 1. The Kier molecular flexibility index (Phi) is 5.28. The van der Waals surface area contributed by atoms with Crippen molar-refractivity contribution >= 4 is 12.2 Å². The van der Waals surface area contributed by atoms with E-state index in [0.29, 0.717) is 51.3 Å². The Morgan fingerprint density at radius 1 is 1.14 bits per heavy atom. The molecule has 0 aliphatic carbocycles. The molecule has 3 heterocycles. The molecule has 0 aromatic carbocycles. The van der Waals surface area contributed by atoms with E-state index in [2.05, 4.69) is 6.07 Å². The highest BCUT2D eigenvalue weighted by Crippen LogP contribution is 2.42. The standard InChI is InChI=1S/C20H28N4O4/c1-5-27-18(26)24-13-12-23-15(14-21)6-7-16(23)20(24)8-10-22(11-9-20)17(25)28-19(2,3)4/h6-7H,5,8-13H2,1-4H3. The fourth-order valence-corrected chi connectivity index (χ4v) is 4.14. The van der Waals surface area contributed by atoms with Crippen LogP contribution >= 0.6 is 0 Å². The quantitative estimate of drug-likeness (QED) is 0.738. The lowest BCUT2D eigenvalue weighted by molar-refractivity contribution is -0.0196. The van der Waals surface area contributed by atoms with E-state index in [1.807, 2.05) is 31.4 Å². The van der Waals surface area contributed by atoms with Crippen molar-refractivity contribution in [3.8, 4) is 6.07 Å². The summed E-state index contributed by atoms with van der Waals surface area (Å²) in [6.45, 7) is 9.60. The van der Waals surface area contributed by atoms with E-state index >= 15 is 0 Å². The van der Waals surface area contributed by atoms with Crippen LogP contribution in [0.15, 0.2) is 12.1 Å². The minimum atomic E-state index is -0.585. The monoisotopic (exact) mass is 388 g/mol. The second kappa shape index (κ2) is 7.38. The molecule has 3 rings (SSSR count). The zero-order valence-corrected chi connectivity index (χ0v) is 17.0. The van der Waals surface area contributed by atoms with Crippen molar-refractivity contribution in [2.45, 2.75) is 58.2 Å². The number of fused-ring (bicyclic) bond motifs is 2. The first-order valence-electron chi connectivity index (χ1n) is 9.74. The summed E-state index contributed by atoms with van der Waals surface area (Å²) in [6.07, 6.45) is 0.452. The number of hydrogen-bond acceptors (Lipinski definition) is 5. The van der Waals surface area contributed by atoms with Gasteiger partial charge in [-0.1, -0.05) is 0 Å². The molecule has 8 nitrogen and oxygen atoms in total. The average molecular weight is 388 g/mol. The lowest BCUT2D eigenvalue weighted by Gasteiger charge is -2.50. The van der Waals surface area contributed by atoms with Crippen LogP contribution in [0.3, 0.4) is 0 Å². The van der Waals surface area contributed by atoms with Crippen LogP contribution in [-0.4, -0.2) is 58.4 Å². The van der Waals surface area contributed by atoms with E-state index in [-0.39, 0.29) is 12.2 Å². The van der Waals surface area contributed by atoms with E-state index in [1.165, 1.54) is 0 Å². The van der Waals surface area contributed by atoms with Crippen molar-refractivity contribution in [3.05, 3.63) is 23.5 Å². The van der Waals surface area contributed by atoms with Crippen molar-refractivity contribution in [1.29, 1.82) is 5.26 Å². The lowest BCUT2D eigenvalue weighted by atomic mass is 9.81. The molecule has 0 bridgehead atoms. The number of carbonyl (C=O) groups is 2. The highest BCUT2D eigenvalue weighted by atomic mass is 16.6. The van der Waals surface area contributed by atoms with Crippen molar-refractivity contribution < 1.29 is 19.1 Å². The predicted octanol–water partition coefficient (Wildman–Crippen LogP) is 3.06. The molecule has 1 aromatic heterocycles. The van der Waals surface area contributed by atoms with Gasteiger partial charge in [-0.3, -0.25) is 4.90 Å². The number of carbonyl (C=O) groups excluding carboxylic acids is 2. The van der Waals surface area contributed by atoms with Gasteiger partial charge in [-0.2, -0.15) is 5.26 Å². The molecule has 0 radical (unpaired) electrons. The fraction of sp³-hybridized carbons (Fsp3) is 0.650. The van der Waals surface area contributed by atoms with Crippen LogP contribution in [0.4, 0.5) is 9.59 Å². The molecule has 1 spiro atoms. The van der Waals surface area contributed by atoms with Gasteiger partial charge in [0.15, 0.2) is 0 Å². The number of likely N-dealkylation sites (tertiary alicyclic amines) is 1. The molecule has 0 unspecified atom stereocenters. The number of nitriles is 1. The number of amides is 2. The number of piperidine rings is 1. The number of rotatable bonds is 1. The summed E-state index contributed by atoms with van der Waals surface area (Å²) in [5.41, 5.74) is 0.391. The van der Waals surface area contributed by atoms with E-state index < -0.39 is 11.1 Å². The lowest BCUT2D eigenvalue weighted by Crippen LogP contribution is -2.60. The molecular weight excluding hydrogens is 360 g/mol. The molecule has 28 heavy (non-hydrogen) atoms. The zero-order valence-electron chi connectivity index (χ0n) is 17.0. The molecule has 1 fully saturated rings. The van der Waals surface area contributed by atoms with Gasteiger partial charge in [-0.05, 0) is 52.7 Å². The van der Waals surface area contributed by atoms with Gasteiger partial charge >= 0.3 is 12.2 Å². The maximum Gasteiger partial charge on any atom is 0.410 e. The number of nitrogens with zero attached hydrogens (tertiary/aromatic N) is 4. The average Bonchev–Trinajstić information content (AvgIpc) is 3.05. The molecular formula is C20H28N4O4. The summed E-state index contributed by atoms with van der Waals surface area (Å²) in [6, 6.07) is 5.94. The van der Waals surface area contributed by atoms with Crippen LogP contribution in [0.25, 0.3) is 0 Å². The Balaban J connectivity index is 1.88. The molecule has 1 saturated heterocycles. The maximum atomic E-state index is 12.7. The summed E-state index contributed by atoms with van der Waals surface area (Å²) in [4.78, 5) is 28.6. The van der Waals surface area contributed by atoms with Gasteiger partial charge in [-0.15, -0.1) is 0 Å². The minimum absolute atomic E-state index is 0.305. The van der Waals surface area contributed by atoms with Gasteiger partial charge in [0.1, 0.15) is 17.4 Å². The molecule has 1 aromatic rings. The first-order chi connectivity index (χ1) is 13.2. The van der Waals surface area contributed by atoms with Crippen LogP contribution in [0.1, 0.15) is 51.9 Å². The highest BCUT2D eigenvalue weighted by molar-refractivity contribution is 5.70. The molecule has 0 saturated carbocycles. The zero-order chi connectivity index (χ0) is 20.5. The third-order valence-corrected chi connectivity index (χ3v) is 5.37. The third-order valence-electron chi connectivity index (χ3n) is 5.37. The van der Waals surface area contributed by atoms with Crippen LogP contribution in [0.2, 0.25) is 0 Å². The van der Waals surface area contributed by atoms with Crippen molar-refractivity contribution in [2.75, 3.05) is 26.2 Å². The maximum absolute atomic E-state index is 12.7. The highest BCUT2D eigenvalue weighted by Gasteiger charge is 2.49. The summed E-state index contributed by atoms with van der Waals surface area (Å²) in [5.74, 6) is 0. The third kappa shape index (κ3) is 3.53. The second-order valence-corrected chi connectivity index (χ2v) is 8.22. The summed E-state index contributed by atoms with van der Waals surface area (Å²) >= 11 is 0. The summed E-state index contributed by atoms with van der Waals surface area (Å²) in [5, 5.41) is 9.41. The normalized spacial score (nSPS) is 18.4. The van der Waals surface area contributed by atoms with E-state index in [1.54, 1.807) is 22.8 Å². The molecule has 8 heteroatoms. The van der Waals surface area contributed by atoms with E-state index in [0.717, 1.165) is 5.69 Å². The first-order valence-corrected chi connectivity index (χ1v) is 9.74. The molecule has 2 amide bonds. The van der Waals surface area contributed by atoms with Gasteiger partial charge in [0.2, 0.25) is 0 Å². The van der Waals surface area contributed by atoms with Crippen LogP contribution < -0.4 is 0 Å². The van der Waals surface area contributed by atoms with Crippen molar-refractivity contribution in [2.24, 2.45) is 0 Å². The Morgan fingerprint density at radius 3 is 2.39 bits per heavy atom. The molecule has 0 N–H and O–H groups in total. The SMILES string of the molecule is CCOC(=O)N1CCn2c(C#N)ccc2C12CCN(C(=O)OC(C)(C)C)CC2. The van der Waals surface area contributed by atoms with Crippen molar-refractivity contribution in [1.82, 2.24) is 14.4 Å². The van der Waals surface area contributed by atoms with Gasteiger partial charge < -0.3 is 18.9 Å². The fourth-order valence-electron chi connectivity index (χ4n) is 4.14. The topological polar surface area (TPSA) is 87.8 Å². The molecule has 2 aliphatic rings. The smallest absolute Gasteiger partial charge is 0.410 e. The van der Waals surface area contributed by atoms with Crippen LogP contribution in [0, 0.1) is 11.3 Å². The van der Waals surface area contributed by atoms with E-state index in [4.69, 9.17) is 9.47 Å². The van der Waals surface area contributed by atoms with Gasteiger partial charge in [0.25, 0.3) is 0 Å². The second-order valence-electron chi connectivity index (χ2n) is 8.22. The summed E-state index contributed by atoms with van der Waals surface area (Å²) < 4.78 is 12.8. The minimum Gasteiger partial charge on any atom is -0.450 e. The van der Waals surface area contributed by atoms with Crippen molar-refractivity contribution in [3.63, 3.8) is 0 Å². The molecule has 0 atom stereocenters. The van der Waals surface area contributed by atoms with Gasteiger partial charge in [0, 0.05) is 31.9 Å². The van der Waals surface area contributed by atoms with Crippen LogP contribution in [0.5, 0.6) is 0 Å². The number of hydrogen-bond donors (Lipinski definition) is 0. The molecule has 2 aliphatic heterocycles. The van der Waals surface area contributed by atoms with E-state index in [9.17, 15) is 14.9 Å². The Labute approximate surface area is 165 Å². The number of ether oxygens (including phenoxy) is 2. The Hall–Kier alpha value is -2.69. The van der Waals surface area contributed by atoms with Crippen LogP contribution in [-0.2, 0) is 21.6 Å². The Morgan fingerprint density at radius 2 is 1.82 bits per heavy atom. The Bertz CT molecular complexity index is 794.